The molecule has 4 heteroatoms. The second-order valence-corrected chi connectivity index (χ2v) is 5.33. The van der Waals surface area contributed by atoms with Crippen molar-refractivity contribution in [3.05, 3.63) is 48.0 Å². The van der Waals surface area contributed by atoms with Gasteiger partial charge in [0.1, 0.15) is 0 Å². The van der Waals surface area contributed by atoms with Crippen LogP contribution in [0.4, 0.5) is 0 Å². The normalized spacial score (nSPS) is 10.6. The van der Waals surface area contributed by atoms with Gasteiger partial charge < -0.3 is 14.8 Å². The molecule has 0 bridgehead atoms. The first kappa shape index (κ1) is 17.4. The number of ether oxygens (including phenoxy) is 2. The predicted octanol–water partition coefficient (Wildman–Crippen LogP) is 4.19. The molecule has 0 aromatic heterocycles. The first-order valence-electron chi connectivity index (χ1n) is 7.50. The summed E-state index contributed by atoms with van der Waals surface area (Å²) in [5.41, 5.74) is 1.27. The van der Waals surface area contributed by atoms with Crippen molar-refractivity contribution in [2.24, 2.45) is 0 Å². The molecule has 3 nitrogen and oxygen atoms in total. The molecule has 0 saturated heterocycles. The summed E-state index contributed by atoms with van der Waals surface area (Å²) in [7, 11) is 5.36. The van der Waals surface area contributed by atoms with Crippen molar-refractivity contribution in [2.45, 2.75) is 6.42 Å². The van der Waals surface area contributed by atoms with Crippen molar-refractivity contribution in [2.75, 3.05) is 27.8 Å². The summed E-state index contributed by atoms with van der Waals surface area (Å²) in [4.78, 5) is 0. The molecule has 0 fully saturated rings. The highest BCUT2D eigenvalue weighted by molar-refractivity contribution is 6.12. The quantitative estimate of drug-likeness (QED) is 0.711. The van der Waals surface area contributed by atoms with Crippen LogP contribution in [0.2, 0.25) is 0 Å². The number of halogens is 1. The summed E-state index contributed by atoms with van der Waals surface area (Å²) < 4.78 is 11.2. The number of benzene rings is 3. The van der Waals surface area contributed by atoms with E-state index in [2.05, 4.69) is 47.8 Å². The first-order chi connectivity index (χ1) is 10.8. The molecule has 0 radical (unpaired) electrons. The predicted molar refractivity (Wildman–Crippen MR) is 99.4 cm³/mol. The van der Waals surface area contributed by atoms with Gasteiger partial charge in [0, 0.05) is 5.39 Å². The van der Waals surface area contributed by atoms with Gasteiger partial charge in [-0.1, -0.05) is 36.4 Å². The molecule has 1 N–H and O–H groups in total. The molecule has 0 aliphatic heterocycles. The molecule has 23 heavy (non-hydrogen) atoms. The van der Waals surface area contributed by atoms with Gasteiger partial charge in [-0.3, -0.25) is 0 Å². The Morgan fingerprint density at radius 2 is 1.74 bits per heavy atom. The standard InChI is InChI=1S/C19H21NO2.ClH/c1-20-11-10-14-12-17(21-2)19(22-3)18-15-7-5-4-6-13(15)8-9-16(14)18;/h4-9,12,20H,10-11H2,1-3H3;1H. The zero-order valence-corrected chi connectivity index (χ0v) is 14.5. The van der Waals surface area contributed by atoms with Crippen molar-refractivity contribution in [1.29, 1.82) is 0 Å². The number of fused-ring (bicyclic) bond motifs is 3. The van der Waals surface area contributed by atoms with Crippen LogP contribution in [0.25, 0.3) is 21.5 Å². The fourth-order valence-corrected chi connectivity index (χ4v) is 3.03. The van der Waals surface area contributed by atoms with Crippen LogP contribution in [0.3, 0.4) is 0 Å². The summed E-state index contributed by atoms with van der Waals surface area (Å²) in [6, 6.07) is 14.8. The number of nitrogens with one attached hydrogen (secondary N) is 1. The molecule has 0 aliphatic rings. The van der Waals surface area contributed by atoms with Crippen LogP contribution in [0.15, 0.2) is 42.5 Å². The maximum absolute atomic E-state index is 5.68. The van der Waals surface area contributed by atoms with Crippen molar-refractivity contribution in [1.82, 2.24) is 5.32 Å². The van der Waals surface area contributed by atoms with Crippen molar-refractivity contribution in [3.63, 3.8) is 0 Å². The van der Waals surface area contributed by atoms with E-state index in [1.54, 1.807) is 14.2 Å². The minimum atomic E-state index is 0. The molecule has 0 heterocycles. The van der Waals surface area contributed by atoms with Gasteiger partial charge in [-0.15, -0.1) is 12.4 Å². The monoisotopic (exact) mass is 331 g/mol. The number of hydrogen-bond acceptors (Lipinski definition) is 3. The molecule has 0 amide bonds. The Hall–Kier alpha value is -1.97. The van der Waals surface area contributed by atoms with Gasteiger partial charge in [-0.05, 0) is 47.8 Å². The highest BCUT2D eigenvalue weighted by Crippen LogP contribution is 2.41. The third kappa shape index (κ3) is 3.07. The van der Waals surface area contributed by atoms with E-state index in [4.69, 9.17) is 9.47 Å². The lowest BCUT2D eigenvalue weighted by Crippen LogP contribution is -2.10. The molecule has 0 saturated carbocycles. The van der Waals surface area contributed by atoms with E-state index in [-0.39, 0.29) is 12.4 Å². The fraction of sp³-hybridized carbons (Fsp3) is 0.263. The Morgan fingerprint density at radius 3 is 2.43 bits per heavy atom. The van der Waals surface area contributed by atoms with E-state index < -0.39 is 0 Å². The average Bonchev–Trinajstić information content (AvgIpc) is 2.58. The van der Waals surface area contributed by atoms with Crippen LogP contribution in [0, 0.1) is 0 Å². The number of hydrogen-bond donors (Lipinski definition) is 1. The summed E-state index contributed by atoms with van der Waals surface area (Å²) >= 11 is 0. The molecule has 0 aliphatic carbocycles. The minimum Gasteiger partial charge on any atom is -0.493 e. The second kappa shape index (κ2) is 7.53. The molecule has 0 unspecified atom stereocenters. The third-order valence-electron chi connectivity index (χ3n) is 4.10. The molecular formula is C19H22ClNO2. The van der Waals surface area contributed by atoms with Crippen molar-refractivity contribution < 1.29 is 9.47 Å². The van der Waals surface area contributed by atoms with Crippen LogP contribution < -0.4 is 14.8 Å². The number of methoxy groups -OCH3 is 2. The van der Waals surface area contributed by atoms with Crippen molar-refractivity contribution in [3.8, 4) is 11.5 Å². The Morgan fingerprint density at radius 1 is 0.957 bits per heavy atom. The Balaban J connectivity index is 0.00000192. The maximum Gasteiger partial charge on any atom is 0.169 e. The largest absolute Gasteiger partial charge is 0.493 e. The van der Waals surface area contributed by atoms with Gasteiger partial charge in [-0.2, -0.15) is 0 Å². The fourth-order valence-electron chi connectivity index (χ4n) is 3.03. The lowest BCUT2D eigenvalue weighted by molar-refractivity contribution is 0.358. The molecule has 3 aromatic rings. The van der Waals surface area contributed by atoms with Gasteiger partial charge in [0.05, 0.1) is 14.2 Å². The Kier molecular flexibility index (Phi) is 5.69. The summed E-state index contributed by atoms with van der Waals surface area (Å²) in [6.45, 7) is 0.928. The van der Waals surface area contributed by atoms with Crippen molar-refractivity contribution >= 4 is 34.0 Å². The maximum atomic E-state index is 5.68. The number of rotatable bonds is 5. The molecular weight excluding hydrogens is 310 g/mol. The SMILES string of the molecule is CNCCc1cc(OC)c(OC)c2c1ccc1ccccc12.Cl. The molecule has 122 valence electrons. The highest BCUT2D eigenvalue weighted by atomic mass is 35.5. The molecule has 0 atom stereocenters. The zero-order valence-electron chi connectivity index (χ0n) is 13.7. The first-order valence-corrected chi connectivity index (χ1v) is 7.50. The van der Waals surface area contributed by atoms with E-state index in [1.165, 1.54) is 21.7 Å². The lowest BCUT2D eigenvalue weighted by atomic mass is 9.95. The summed E-state index contributed by atoms with van der Waals surface area (Å²) in [5, 5.41) is 7.98. The van der Waals surface area contributed by atoms with Crippen LogP contribution in [0.5, 0.6) is 11.5 Å². The number of likely N-dealkylation sites (N-methyl/N-ethyl adjacent to an activating group) is 1. The van der Waals surface area contributed by atoms with Crippen LogP contribution in [-0.4, -0.2) is 27.8 Å². The minimum absolute atomic E-state index is 0. The van der Waals surface area contributed by atoms with Crippen LogP contribution in [-0.2, 0) is 6.42 Å². The zero-order chi connectivity index (χ0) is 15.5. The van der Waals surface area contributed by atoms with Gasteiger partial charge in [0.15, 0.2) is 11.5 Å². The van der Waals surface area contributed by atoms with E-state index >= 15 is 0 Å². The smallest absolute Gasteiger partial charge is 0.169 e. The van der Waals surface area contributed by atoms with E-state index in [1.807, 2.05) is 7.05 Å². The Bertz CT molecular complexity index is 817. The van der Waals surface area contributed by atoms with E-state index in [0.29, 0.717) is 0 Å². The van der Waals surface area contributed by atoms with E-state index in [9.17, 15) is 0 Å². The molecule has 0 spiro atoms. The van der Waals surface area contributed by atoms with Gasteiger partial charge in [0.25, 0.3) is 0 Å². The molecule has 3 rings (SSSR count). The van der Waals surface area contributed by atoms with Gasteiger partial charge >= 0.3 is 0 Å². The van der Waals surface area contributed by atoms with Gasteiger partial charge in [0.2, 0.25) is 0 Å². The topological polar surface area (TPSA) is 30.5 Å². The summed E-state index contributed by atoms with van der Waals surface area (Å²) in [6.07, 6.45) is 0.950. The highest BCUT2D eigenvalue weighted by Gasteiger charge is 2.15. The average molecular weight is 332 g/mol. The Labute approximate surface area is 143 Å². The third-order valence-corrected chi connectivity index (χ3v) is 4.10. The van der Waals surface area contributed by atoms with Crippen LogP contribution in [0.1, 0.15) is 5.56 Å². The second-order valence-electron chi connectivity index (χ2n) is 5.33. The summed E-state index contributed by atoms with van der Waals surface area (Å²) in [5.74, 6) is 1.60. The van der Waals surface area contributed by atoms with E-state index in [0.717, 1.165) is 29.9 Å². The van der Waals surface area contributed by atoms with Crippen LogP contribution >= 0.6 is 12.4 Å². The molecule has 3 aromatic carbocycles. The van der Waals surface area contributed by atoms with Gasteiger partial charge in [-0.25, -0.2) is 0 Å². The lowest BCUT2D eigenvalue weighted by Gasteiger charge is -2.16.